The van der Waals surface area contributed by atoms with Crippen LogP contribution in [0.2, 0.25) is 0 Å². The third kappa shape index (κ3) is 9.38. The van der Waals surface area contributed by atoms with Crippen molar-refractivity contribution >= 4 is 11.9 Å². The van der Waals surface area contributed by atoms with Crippen LogP contribution < -0.4 is 5.73 Å². The van der Waals surface area contributed by atoms with E-state index in [1.165, 1.54) is 0 Å². The van der Waals surface area contributed by atoms with Gasteiger partial charge in [0.05, 0.1) is 12.5 Å². The quantitative estimate of drug-likeness (QED) is 0.319. The molecule has 0 aliphatic carbocycles. The molecule has 0 aromatic carbocycles. The lowest BCUT2D eigenvalue weighted by Gasteiger charge is -2.25. The fourth-order valence-electron chi connectivity index (χ4n) is 1.96. The second-order valence-corrected chi connectivity index (χ2v) is 4.99. The third-order valence-electron chi connectivity index (χ3n) is 3.20. The summed E-state index contributed by atoms with van der Waals surface area (Å²) in [4.78, 5) is 28.4. The summed E-state index contributed by atoms with van der Waals surface area (Å²) >= 11 is 0. The van der Waals surface area contributed by atoms with Crippen molar-refractivity contribution in [1.29, 1.82) is 0 Å². The average Bonchev–Trinajstić information content (AvgIpc) is 2.50. The van der Waals surface area contributed by atoms with Gasteiger partial charge in [-0.25, -0.2) is 4.79 Å². The molecule has 0 aromatic rings. The van der Waals surface area contributed by atoms with Gasteiger partial charge in [-0.05, 0) is 19.3 Å². The molecule has 0 spiro atoms. The van der Waals surface area contributed by atoms with Crippen LogP contribution in [0.4, 0.5) is 0 Å². The number of rotatable bonds is 12. The fraction of sp³-hybridized carbons (Fsp3) is 0.857. The van der Waals surface area contributed by atoms with Crippen LogP contribution in [0.25, 0.3) is 0 Å². The lowest BCUT2D eigenvalue weighted by Crippen LogP contribution is -2.45. The number of amides is 1. The van der Waals surface area contributed by atoms with E-state index < -0.39 is 12.0 Å². The maximum atomic E-state index is 12.3. The summed E-state index contributed by atoms with van der Waals surface area (Å²) in [5.41, 5.74) is 5.82. The normalized spacial score (nSPS) is 12.0. The topological polar surface area (TPSA) is 102 Å². The molecule has 0 aliphatic heterocycles. The molecule has 1 atom stereocenters. The van der Waals surface area contributed by atoms with E-state index in [0.717, 1.165) is 25.7 Å². The average molecular weight is 304 g/mol. The Hall–Kier alpha value is -1.18. The minimum atomic E-state index is -0.782. The molecular formula is C14H28N2O5. The number of unbranched alkanes of at least 4 members (excludes halogenated alkanes) is 2. The highest BCUT2D eigenvalue weighted by Crippen LogP contribution is 2.06. The molecule has 0 bridgehead atoms. The fourth-order valence-corrected chi connectivity index (χ4v) is 1.96. The van der Waals surface area contributed by atoms with Crippen LogP contribution in [-0.2, 0) is 19.2 Å². The SMILES string of the molecule is CCCCCN(CCCOC)C(=O)C(N)CCC(=O)OO. The smallest absolute Gasteiger partial charge is 0.342 e. The molecule has 1 amide bonds. The van der Waals surface area contributed by atoms with E-state index in [1.54, 1.807) is 12.0 Å². The molecule has 124 valence electrons. The number of ether oxygens (including phenoxy) is 1. The first kappa shape index (κ1) is 19.8. The molecule has 0 radical (unpaired) electrons. The molecule has 0 rings (SSSR count). The number of nitrogens with zero attached hydrogens (tertiary/aromatic N) is 1. The van der Waals surface area contributed by atoms with Crippen molar-refractivity contribution in [2.45, 2.75) is 51.5 Å². The van der Waals surface area contributed by atoms with Crippen LogP contribution in [0.3, 0.4) is 0 Å². The monoisotopic (exact) mass is 304 g/mol. The summed E-state index contributed by atoms with van der Waals surface area (Å²) < 4.78 is 4.99. The van der Waals surface area contributed by atoms with Crippen molar-refractivity contribution in [3.05, 3.63) is 0 Å². The Balaban J connectivity index is 4.33. The molecule has 0 aliphatic rings. The van der Waals surface area contributed by atoms with E-state index in [9.17, 15) is 9.59 Å². The van der Waals surface area contributed by atoms with Crippen molar-refractivity contribution in [1.82, 2.24) is 4.90 Å². The Morgan fingerprint density at radius 3 is 2.48 bits per heavy atom. The molecule has 21 heavy (non-hydrogen) atoms. The highest BCUT2D eigenvalue weighted by Gasteiger charge is 2.21. The van der Waals surface area contributed by atoms with Crippen molar-refractivity contribution in [2.75, 3.05) is 26.8 Å². The Bertz CT molecular complexity index is 289. The van der Waals surface area contributed by atoms with E-state index in [4.69, 9.17) is 15.7 Å². The van der Waals surface area contributed by atoms with Crippen LogP contribution in [0.15, 0.2) is 0 Å². The van der Waals surface area contributed by atoms with Gasteiger partial charge in [-0.3, -0.25) is 4.79 Å². The summed E-state index contributed by atoms with van der Waals surface area (Å²) in [6, 6.07) is -0.756. The minimum Gasteiger partial charge on any atom is -0.385 e. The predicted octanol–water partition coefficient (Wildman–Crippen LogP) is 1.17. The van der Waals surface area contributed by atoms with Crippen LogP contribution in [0, 0.1) is 0 Å². The van der Waals surface area contributed by atoms with E-state index in [-0.39, 0.29) is 18.7 Å². The molecule has 0 saturated carbocycles. The van der Waals surface area contributed by atoms with Crippen LogP contribution >= 0.6 is 0 Å². The first-order valence-corrected chi connectivity index (χ1v) is 7.44. The van der Waals surface area contributed by atoms with E-state index in [2.05, 4.69) is 11.8 Å². The third-order valence-corrected chi connectivity index (χ3v) is 3.20. The molecule has 7 heteroatoms. The Morgan fingerprint density at radius 1 is 1.24 bits per heavy atom. The van der Waals surface area contributed by atoms with Gasteiger partial charge in [0.25, 0.3) is 0 Å². The van der Waals surface area contributed by atoms with Gasteiger partial charge in [0, 0.05) is 26.8 Å². The number of hydrogen-bond acceptors (Lipinski definition) is 6. The zero-order valence-electron chi connectivity index (χ0n) is 13.0. The van der Waals surface area contributed by atoms with Gasteiger partial charge in [0.15, 0.2) is 0 Å². The number of methoxy groups -OCH3 is 1. The van der Waals surface area contributed by atoms with E-state index in [1.807, 2.05) is 0 Å². The number of hydrogen-bond donors (Lipinski definition) is 2. The van der Waals surface area contributed by atoms with Gasteiger partial charge < -0.3 is 20.3 Å². The lowest BCUT2D eigenvalue weighted by molar-refractivity contribution is -0.234. The van der Waals surface area contributed by atoms with Crippen LogP contribution in [-0.4, -0.2) is 54.9 Å². The molecule has 7 nitrogen and oxygen atoms in total. The molecule has 3 N–H and O–H groups in total. The molecule has 0 heterocycles. The maximum Gasteiger partial charge on any atom is 0.342 e. The van der Waals surface area contributed by atoms with Gasteiger partial charge in [0.1, 0.15) is 0 Å². The van der Waals surface area contributed by atoms with Gasteiger partial charge in [-0.1, -0.05) is 19.8 Å². The predicted molar refractivity (Wildman–Crippen MR) is 78.5 cm³/mol. The Labute approximate surface area is 126 Å². The second-order valence-electron chi connectivity index (χ2n) is 4.99. The summed E-state index contributed by atoms with van der Waals surface area (Å²) in [5.74, 6) is -0.955. The Morgan fingerprint density at radius 2 is 1.90 bits per heavy atom. The largest absolute Gasteiger partial charge is 0.385 e. The zero-order chi connectivity index (χ0) is 16.1. The summed E-state index contributed by atoms with van der Waals surface area (Å²) in [6.45, 7) is 3.94. The van der Waals surface area contributed by atoms with Gasteiger partial charge >= 0.3 is 5.97 Å². The highest BCUT2D eigenvalue weighted by atomic mass is 17.1. The van der Waals surface area contributed by atoms with Crippen LogP contribution in [0.5, 0.6) is 0 Å². The van der Waals surface area contributed by atoms with Gasteiger partial charge in [-0.15, -0.1) is 0 Å². The lowest BCUT2D eigenvalue weighted by atomic mass is 10.1. The van der Waals surface area contributed by atoms with Crippen molar-refractivity contribution < 1.29 is 24.5 Å². The number of carbonyl (C=O) groups is 2. The standard InChI is InChI=1S/C14H28N2O5/c1-3-4-5-9-16(10-6-11-20-2)14(18)12(15)7-8-13(17)21-19/h12,19H,3-11,15H2,1-2H3. The number of nitrogens with two attached hydrogens (primary N) is 1. The number of carbonyl (C=O) groups excluding carboxylic acids is 2. The maximum absolute atomic E-state index is 12.3. The summed E-state index contributed by atoms with van der Waals surface area (Å²) in [6.07, 6.45) is 3.89. The molecule has 1 unspecified atom stereocenters. The summed E-state index contributed by atoms with van der Waals surface area (Å²) in [5, 5.41) is 8.18. The first-order chi connectivity index (χ1) is 10.1. The minimum absolute atomic E-state index is 0.0791. The summed E-state index contributed by atoms with van der Waals surface area (Å²) in [7, 11) is 1.62. The van der Waals surface area contributed by atoms with Crippen molar-refractivity contribution in [3.8, 4) is 0 Å². The van der Waals surface area contributed by atoms with Crippen LogP contribution in [0.1, 0.15) is 45.4 Å². The Kier molecular flexibility index (Phi) is 11.8. The molecule has 0 aromatic heterocycles. The van der Waals surface area contributed by atoms with Gasteiger partial charge in [-0.2, -0.15) is 5.26 Å². The molecule has 0 saturated heterocycles. The highest BCUT2D eigenvalue weighted by molar-refractivity contribution is 5.82. The first-order valence-electron chi connectivity index (χ1n) is 7.44. The van der Waals surface area contributed by atoms with E-state index in [0.29, 0.717) is 19.7 Å². The second kappa shape index (κ2) is 12.6. The van der Waals surface area contributed by atoms with Gasteiger partial charge in [0.2, 0.25) is 5.91 Å². The van der Waals surface area contributed by atoms with E-state index >= 15 is 0 Å². The van der Waals surface area contributed by atoms with Crippen molar-refractivity contribution in [2.24, 2.45) is 5.73 Å². The zero-order valence-corrected chi connectivity index (χ0v) is 13.0. The molecule has 0 fully saturated rings. The molecular weight excluding hydrogens is 276 g/mol. The van der Waals surface area contributed by atoms with Crippen molar-refractivity contribution in [3.63, 3.8) is 0 Å².